The Bertz CT molecular complexity index is 363. The highest BCUT2D eigenvalue weighted by molar-refractivity contribution is 5.82. The van der Waals surface area contributed by atoms with E-state index in [9.17, 15) is 4.79 Å². The van der Waals surface area contributed by atoms with E-state index in [4.69, 9.17) is 0 Å². The highest BCUT2D eigenvalue weighted by Crippen LogP contribution is 2.34. The summed E-state index contributed by atoms with van der Waals surface area (Å²) < 4.78 is 0. The van der Waals surface area contributed by atoms with Crippen LogP contribution in [0.2, 0.25) is 0 Å². The number of rotatable bonds is 5. The van der Waals surface area contributed by atoms with Crippen molar-refractivity contribution >= 4 is 5.91 Å². The van der Waals surface area contributed by atoms with Crippen molar-refractivity contribution in [2.45, 2.75) is 39.2 Å². The van der Waals surface area contributed by atoms with Crippen molar-refractivity contribution in [3.8, 4) is 0 Å². The quantitative estimate of drug-likeness (QED) is 0.735. The van der Waals surface area contributed by atoms with Crippen molar-refractivity contribution in [1.29, 1.82) is 0 Å². The van der Waals surface area contributed by atoms with Crippen LogP contribution in [0.4, 0.5) is 0 Å². The lowest BCUT2D eigenvalue weighted by molar-refractivity contribution is -0.133. The smallest absolute Gasteiger partial charge is 0.226 e. The Morgan fingerprint density at radius 3 is 2.89 bits per heavy atom. The highest BCUT2D eigenvalue weighted by atomic mass is 16.2. The molecule has 0 bridgehead atoms. The van der Waals surface area contributed by atoms with E-state index in [0.29, 0.717) is 6.54 Å². The van der Waals surface area contributed by atoms with E-state index in [-0.39, 0.29) is 11.3 Å². The molecule has 100 valence electrons. The third-order valence-electron chi connectivity index (χ3n) is 3.74. The van der Waals surface area contributed by atoms with Crippen molar-refractivity contribution in [3.05, 3.63) is 18.2 Å². The minimum Gasteiger partial charge on any atom is -0.348 e. The van der Waals surface area contributed by atoms with Crippen molar-refractivity contribution in [2.75, 3.05) is 13.1 Å². The van der Waals surface area contributed by atoms with Gasteiger partial charge in [0.05, 0.1) is 12.0 Å². The average molecular weight is 250 g/mol. The summed E-state index contributed by atoms with van der Waals surface area (Å²) in [5.74, 6) is 0.992. The van der Waals surface area contributed by atoms with Gasteiger partial charge in [-0.25, -0.2) is 4.98 Å². The molecule has 1 fully saturated rings. The first-order valence-corrected chi connectivity index (χ1v) is 6.74. The molecule has 3 N–H and O–H groups in total. The number of carbonyl (C=O) groups excluding carboxylic acids is 1. The lowest BCUT2D eigenvalue weighted by Gasteiger charge is -2.36. The molecule has 0 spiro atoms. The van der Waals surface area contributed by atoms with Crippen LogP contribution in [0.25, 0.3) is 0 Å². The molecule has 2 rings (SSSR count). The van der Waals surface area contributed by atoms with E-state index in [1.807, 2.05) is 0 Å². The van der Waals surface area contributed by atoms with Crippen molar-refractivity contribution in [1.82, 2.24) is 20.6 Å². The van der Waals surface area contributed by atoms with Crippen LogP contribution in [0.15, 0.2) is 12.4 Å². The van der Waals surface area contributed by atoms with Gasteiger partial charge in [0.1, 0.15) is 5.82 Å². The fourth-order valence-corrected chi connectivity index (χ4v) is 2.72. The second-order valence-corrected chi connectivity index (χ2v) is 5.00. The molecule has 1 aromatic heterocycles. The first-order chi connectivity index (χ1) is 8.77. The lowest BCUT2D eigenvalue weighted by Crippen LogP contribution is -2.47. The summed E-state index contributed by atoms with van der Waals surface area (Å²) in [6.07, 6.45) is 7.37. The molecule has 1 aromatic rings. The number of piperidine rings is 1. The molecule has 0 radical (unpaired) electrons. The number of hydrogen-bond donors (Lipinski definition) is 3. The third kappa shape index (κ3) is 2.90. The lowest BCUT2D eigenvalue weighted by atomic mass is 9.74. The van der Waals surface area contributed by atoms with E-state index < -0.39 is 0 Å². The molecule has 1 aliphatic heterocycles. The van der Waals surface area contributed by atoms with Crippen molar-refractivity contribution in [3.63, 3.8) is 0 Å². The zero-order valence-corrected chi connectivity index (χ0v) is 11.0. The second kappa shape index (κ2) is 6.00. The molecular weight excluding hydrogens is 228 g/mol. The molecule has 0 aliphatic carbocycles. The van der Waals surface area contributed by atoms with Gasteiger partial charge in [-0.05, 0) is 32.4 Å². The summed E-state index contributed by atoms with van der Waals surface area (Å²) in [6.45, 7) is 4.51. The molecule has 1 amide bonds. The van der Waals surface area contributed by atoms with Crippen molar-refractivity contribution in [2.24, 2.45) is 5.41 Å². The SMILES string of the molecule is CCCC1(C(=O)NCc2ncc[nH]2)CCNCC1. The van der Waals surface area contributed by atoms with Crippen LogP contribution >= 0.6 is 0 Å². The number of aromatic amines is 1. The van der Waals surface area contributed by atoms with Crippen LogP contribution in [-0.2, 0) is 11.3 Å². The minimum absolute atomic E-state index is 0.174. The summed E-state index contributed by atoms with van der Waals surface area (Å²) in [5, 5.41) is 6.34. The van der Waals surface area contributed by atoms with Gasteiger partial charge in [-0.15, -0.1) is 0 Å². The molecule has 1 aliphatic rings. The highest BCUT2D eigenvalue weighted by Gasteiger charge is 2.38. The van der Waals surface area contributed by atoms with Gasteiger partial charge >= 0.3 is 0 Å². The largest absolute Gasteiger partial charge is 0.348 e. The standard InChI is InChI=1S/C13H22N4O/c1-2-3-13(4-6-14-7-5-13)12(18)17-10-11-15-8-9-16-11/h8-9,14H,2-7,10H2,1H3,(H,15,16)(H,17,18). The number of imidazole rings is 1. The maximum atomic E-state index is 12.4. The van der Waals surface area contributed by atoms with Gasteiger partial charge in [-0.2, -0.15) is 0 Å². The van der Waals surface area contributed by atoms with E-state index in [1.165, 1.54) is 0 Å². The summed E-state index contributed by atoms with van der Waals surface area (Å²) in [6, 6.07) is 0. The van der Waals surface area contributed by atoms with Crippen LogP contribution in [0, 0.1) is 5.41 Å². The van der Waals surface area contributed by atoms with E-state index >= 15 is 0 Å². The number of carbonyl (C=O) groups is 1. The number of H-pyrrole nitrogens is 1. The van der Waals surface area contributed by atoms with Gasteiger partial charge in [0.15, 0.2) is 0 Å². The Labute approximate surface area is 108 Å². The zero-order chi connectivity index (χ0) is 12.8. The summed E-state index contributed by atoms with van der Waals surface area (Å²) in [5.41, 5.74) is -0.174. The van der Waals surface area contributed by atoms with Crippen LogP contribution in [0.5, 0.6) is 0 Å². The Hall–Kier alpha value is -1.36. The Morgan fingerprint density at radius 2 is 2.28 bits per heavy atom. The van der Waals surface area contributed by atoms with E-state index in [0.717, 1.165) is 44.6 Å². The topological polar surface area (TPSA) is 69.8 Å². The fraction of sp³-hybridized carbons (Fsp3) is 0.692. The number of hydrogen-bond acceptors (Lipinski definition) is 3. The Kier molecular flexibility index (Phi) is 4.36. The van der Waals surface area contributed by atoms with Gasteiger partial charge in [-0.1, -0.05) is 13.3 Å². The molecule has 0 saturated carbocycles. The van der Waals surface area contributed by atoms with Gasteiger partial charge in [-0.3, -0.25) is 4.79 Å². The molecule has 0 unspecified atom stereocenters. The number of amides is 1. The van der Waals surface area contributed by atoms with Crippen molar-refractivity contribution < 1.29 is 4.79 Å². The summed E-state index contributed by atoms with van der Waals surface area (Å²) >= 11 is 0. The predicted octanol–water partition coefficient (Wildman–Crippen LogP) is 1.20. The molecule has 2 heterocycles. The molecule has 18 heavy (non-hydrogen) atoms. The molecule has 0 atom stereocenters. The predicted molar refractivity (Wildman–Crippen MR) is 69.9 cm³/mol. The Balaban J connectivity index is 1.95. The van der Waals surface area contributed by atoms with Gasteiger partial charge in [0, 0.05) is 12.4 Å². The first kappa shape index (κ1) is 13.1. The fourth-order valence-electron chi connectivity index (χ4n) is 2.72. The minimum atomic E-state index is -0.174. The number of nitrogens with one attached hydrogen (secondary N) is 3. The van der Waals surface area contributed by atoms with Gasteiger partial charge in [0.2, 0.25) is 5.91 Å². The maximum Gasteiger partial charge on any atom is 0.226 e. The molecule has 0 aromatic carbocycles. The van der Waals surface area contributed by atoms with Gasteiger partial charge in [0.25, 0.3) is 0 Å². The molecular formula is C13H22N4O. The molecule has 1 saturated heterocycles. The Morgan fingerprint density at radius 1 is 1.50 bits per heavy atom. The van der Waals surface area contributed by atoms with Crippen LogP contribution in [0.3, 0.4) is 0 Å². The molecule has 5 heteroatoms. The number of nitrogens with zero attached hydrogens (tertiary/aromatic N) is 1. The van der Waals surface area contributed by atoms with E-state index in [2.05, 4.69) is 27.5 Å². The molecule has 5 nitrogen and oxygen atoms in total. The monoisotopic (exact) mass is 250 g/mol. The van der Waals surface area contributed by atoms with Crippen LogP contribution < -0.4 is 10.6 Å². The van der Waals surface area contributed by atoms with Crippen LogP contribution in [0.1, 0.15) is 38.4 Å². The van der Waals surface area contributed by atoms with E-state index in [1.54, 1.807) is 12.4 Å². The second-order valence-electron chi connectivity index (χ2n) is 5.00. The summed E-state index contributed by atoms with van der Waals surface area (Å²) in [7, 11) is 0. The third-order valence-corrected chi connectivity index (χ3v) is 3.74. The zero-order valence-electron chi connectivity index (χ0n) is 11.0. The van der Waals surface area contributed by atoms with Crippen LogP contribution in [-0.4, -0.2) is 29.0 Å². The number of aromatic nitrogens is 2. The first-order valence-electron chi connectivity index (χ1n) is 6.74. The average Bonchev–Trinajstić information content (AvgIpc) is 2.90. The normalized spacial score (nSPS) is 18.5. The maximum absolute atomic E-state index is 12.4. The van der Waals surface area contributed by atoms with Gasteiger partial charge < -0.3 is 15.6 Å². The summed E-state index contributed by atoms with van der Waals surface area (Å²) in [4.78, 5) is 19.5.